The average molecular weight is 280 g/mol. The molecule has 0 aliphatic rings. The highest BCUT2D eigenvalue weighted by Crippen LogP contribution is 2.28. The molecule has 0 spiro atoms. The normalized spacial score (nSPS) is 13.9. The van der Waals surface area contributed by atoms with Crippen molar-refractivity contribution in [1.29, 1.82) is 0 Å². The van der Waals surface area contributed by atoms with Gasteiger partial charge in [-0.2, -0.15) is 5.10 Å². The predicted molar refractivity (Wildman–Crippen MR) is 84.7 cm³/mol. The van der Waals surface area contributed by atoms with Gasteiger partial charge in [0.25, 0.3) is 0 Å². The Balaban J connectivity index is 2.71. The first-order valence-electron chi connectivity index (χ1n) is 7.92. The van der Waals surface area contributed by atoms with E-state index in [0.29, 0.717) is 11.8 Å². The third kappa shape index (κ3) is 5.61. The minimum Gasteiger partial charge on any atom is -0.316 e. The molecule has 20 heavy (non-hydrogen) atoms. The highest BCUT2D eigenvalue weighted by atomic mass is 15.3. The van der Waals surface area contributed by atoms with Crippen molar-refractivity contribution in [3.05, 3.63) is 12.2 Å². The average Bonchev–Trinajstić information content (AvgIpc) is 2.73. The summed E-state index contributed by atoms with van der Waals surface area (Å²) >= 11 is 0. The van der Waals surface area contributed by atoms with E-state index in [1.54, 1.807) is 6.33 Å². The summed E-state index contributed by atoms with van der Waals surface area (Å²) in [5, 5.41) is 7.93. The van der Waals surface area contributed by atoms with Crippen molar-refractivity contribution in [3.8, 4) is 0 Å². The Labute approximate surface area is 124 Å². The number of nitrogens with one attached hydrogen (secondary N) is 1. The summed E-state index contributed by atoms with van der Waals surface area (Å²) in [6.45, 7) is 16.7. The van der Waals surface area contributed by atoms with E-state index >= 15 is 0 Å². The molecule has 1 heterocycles. The van der Waals surface area contributed by atoms with Gasteiger partial charge in [0.2, 0.25) is 0 Å². The number of rotatable bonds is 8. The summed E-state index contributed by atoms with van der Waals surface area (Å²) in [5.74, 6) is 2.29. The van der Waals surface area contributed by atoms with Gasteiger partial charge in [-0.1, -0.05) is 41.5 Å². The molecule has 1 aromatic heterocycles. The first-order chi connectivity index (χ1) is 9.34. The van der Waals surface area contributed by atoms with Crippen molar-refractivity contribution in [2.45, 2.75) is 60.9 Å². The highest BCUT2D eigenvalue weighted by molar-refractivity contribution is 4.91. The van der Waals surface area contributed by atoms with Gasteiger partial charge < -0.3 is 5.32 Å². The number of hydrogen-bond acceptors (Lipinski definition) is 3. The van der Waals surface area contributed by atoms with Crippen LogP contribution < -0.4 is 5.32 Å². The Morgan fingerprint density at radius 2 is 2.00 bits per heavy atom. The lowest BCUT2D eigenvalue weighted by Gasteiger charge is -2.31. The fraction of sp³-hybridized carbons (Fsp3) is 0.875. The monoisotopic (exact) mass is 280 g/mol. The van der Waals surface area contributed by atoms with Gasteiger partial charge in [0.05, 0.1) is 0 Å². The zero-order valence-electron chi connectivity index (χ0n) is 14.1. The largest absolute Gasteiger partial charge is 0.316 e. The molecule has 1 atom stereocenters. The van der Waals surface area contributed by atoms with E-state index in [9.17, 15) is 0 Å². The van der Waals surface area contributed by atoms with Gasteiger partial charge in [0.1, 0.15) is 12.2 Å². The van der Waals surface area contributed by atoms with Crippen molar-refractivity contribution in [3.63, 3.8) is 0 Å². The van der Waals surface area contributed by atoms with Crippen LogP contribution >= 0.6 is 0 Å². The van der Waals surface area contributed by atoms with Gasteiger partial charge in [-0.05, 0) is 36.8 Å². The first kappa shape index (κ1) is 17.2. The maximum atomic E-state index is 4.47. The second-order valence-electron chi connectivity index (χ2n) is 7.22. The molecule has 1 aromatic rings. The molecule has 0 amide bonds. The van der Waals surface area contributed by atoms with Crippen molar-refractivity contribution in [2.75, 3.05) is 13.1 Å². The topological polar surface area (TPSA) is 42.7 Å². The fourth-order valence-electron chi connectivity index (χ4n) is 2.30. The van der Waals surface area contributed by atoms with Crippen LogP contribution in [0.5, 0.6) is 0 Å². The maximum Gasteiger partial charge on any atom is 0.138 e. The molecule has 0 saturated heterocycles. The third-order valence-electron chi connectivity index (χ3n) is 3.71. The van der Waals surface area contributed by atoms with Gasteiger partial charge in [-0.15, -0.1) is 0 Å². The van der Waals surface area contributed by atoms with Crippen LogP contribution in [0.2, 0.25) is 0 Å². The first-order valence-corrected chi connectivity index (χ1v) is 7.92. The van der Waals surface area contributed by atoms with Crippen molar-refractivity contribution < 1.29 is 0 Å². The van der Waals surface area contributed by atoms with E-state index in [-0.39, 0.29) is 5.41 Å². The molecule has 0 fully saturated rings. The molecule has 116 valence electrons. The molecule has 1 unspecified atom stereocenters. The standard InChI is InChI=1S/C16H32N4/c1-7-8-17-10-14(16(4,5)6)9-15-18-12-19-20(15)11-13(2)3/h12-14,17H,7-11H2,1-6H3. The molecular formula is C16H32N4. The Morgan fingerprint density at radius 1 is 1.30 bits per heavy atom. The second kappa shape index (κ2) is 7.77. The number of aromatic nitrogens is 3. The van der Waals surface area contributed by atoms with E-state index in [1.807, 2.05) is 0 Å². The minimum absolute atomic E-state index is 0.273. The molecule has 0 aliphatic heterocycles. The molecule has 0 aliphatic carbocycles. The van der Waals surface area contributed by atoms with E-state index in [1.165, 1.54) is 6.42 Å². The molecule has 4 nitrogen and oxygen atoms in total. The summed E-state index contributed by atoms with van der Waals surface area (Å²) in [7, 11) is 0. The predicted octanol–water partition coefficient (Wildman–Crippen LogP) is 3.14. The van der Waals surface area contributed by atoms with E-state index in [0.717, 1.165) is 31.9 Å². The molecule has 0 aromatic carbocycles. The summed E-state index contributed by atoms with van der Waals surface area (Å²) in [6.07, 6.45) is 3.87. The minimum atomic E-state index is 0.273. The molecular weight excluding hydrogens is 248 g/mol. The molecule has 1 rings (SSSR count). The molecule has 0 saturated carbocycles. The van der Waals surface area contributed by atoms with E-state index < -0.39 is 0 Å². The van der Waals surface area contributed by atoms with Crippen LogP contribution in [0.1, 0.15) is 53.8 Å². The van der Waals surface area contributed by atoms with Gasteiger partial charge in [-0.25, -0.2) is 9.67 Å². The molecule has 4 heteroatoms. The number of nitrogens with zero attached hydrogens (tertiary/aromatic N) is 3. The third-order valence-corrected chi connectivity index (χ3v) is 3.71. The lowest BCUT2D eigenvalue weighted by atomic mass is 9.78. The van der Waals surface area contributed by atoms with Crippen molar-refractivity contribution >= 4 is 0 Å². The molecule has 0 bridgehead atoms. The Kier molecular flexibility index (Phi) is 6.66. The zero-order valence-corrected chi connectivity index (χ0v) is 14.1. The van der Waals surface area contributed by atoms with Gasteiger partial charge in [-0.3, -0.25) is 0 Å². The quantitative estimate of drug-likeness (QED) is 0.744. The Morgan fingerprint density at radius 3 is 2.55 bits per heavy atom. The lowest BCUT2D eigenvalue weighted by molar-refractivity contribution is 0.224. The SMILES string of the molecule is CCCNCC(Cc1ncnn1CC(C)C)C(C)(C)C. The van der Waals surface area contributed by atoms with Gasteiger partial charge in [0.15, 0.2) is 0 Å². The molecule has 1 N–H and O–H groups in total. The Bertz CT molecular complexity index is 376. The highest BCUT2D eigenvalue weighted by Gasteiger charge is 2.26. The number of hydrogen-bond donors (Lipinski definition) is 1. The summed E-state index contributed by atoms with van der Waals surface area (Å²) < 4.78 is 2.07. The van der Waals surface area contributed by atoms with Crippen molar-refractivity contribution in [2.24, 2.45) is 17.3 Å². The second-order valence-corrected chi connectivity index (χ2v) is 7.22. The maximum absolute atomic E-state index is 4.47. The summed E-state index contributed by atoms with van der Waals surface area (Å²) in [6, 6.07) is 0. The summed E-state index contributed by atoms with van der Waals surface area (Å²) in [5.41, 5.74) is 0.273. The van der Waals surface area contributed by atoms with Crippen molar-refractivity contribution in [1.82, 2.24) is 20.1 Å². The lowest BCUT2D eigenvalue weighted by Crippen LogP contribution is -2.34. The van der Waals surface area contributed by atoms with E-state index in [2.05, 4.69) is 61.6 Å². The molecule has 0 radical (unpaired) electrons. The van der Waals surface area contributed by atoms with Crippen LogP contribution in [0.25, 0.3) is 0 Å². The van der Waals surface area contributed by atoms with Crippen LogP contribution in [0.15, 0.2) is 6.33 Å². The van der Waals surface area contributed by atoms with E-state index in [4.69, 9.17) is 0 Å². The van der Waals surface area contributed by atoms with Crippen LogP contribution in [-0.2, 0) is 13.0 Å². The fourth-order valence-corrected chi connectivity index (χ4v) is 2.30. The summed E-state index contributed by atoms with van der Waals surface area (Å²) in [4.78, 5) is 4.47. The Hall–Kier alpha value is -0.900. The smallest absolute Gasteiger partial charge is 0.138 e. The van der Waals surface area contributed by atoms with Crippen LogP contribution in [0.3, 0.4) is 0 Å². The van der Waals surface area contributed by atoms with Crippen LogP contribution in [0.4, 0.5) is 0 Å². The zero-order chi connectivity index (χ0) is 15.2. The van der Waals surface area contributed by atoms with Gasteiger partial charge in [0, 0.05) is 13.0 Å². The van der Waals surface area contributed by atoms with Crippen LogP contribution in [-0.4, -0.2) is 27.9 Å². The van der Waals surface area contributed by atoms with Gasteiger partial charge >= 0.3 is 0 Å². The van der Waals surface area contributed by atoms with Crippen LogP contribution in [0, 0.1) is 17.3 Å².